The highest BCUT2D eigenvalue weighted by molar-refractivity contribution is 5.79. The number of likely N-dealkylation sites (tertiary alicyclic amines) is 1. The van der Waals surface area contributed by atoms with Gasteiger partial charge in [-0.15, -0.1) is 0 Å². The minimum absolute atomic E-state index is 0.0703. The molecule has 6 heteroatoms. The van der Waals surface area contributed by atoms with E-state index in [1.165, 1.54) is 12.1 Å². The summed E-state index contributed by atoms with van der Waals surface area (Å²) in [5.74, 6) is 0.00173. The zero-order valence-electron chi connectivity index (χ0n) is 10.3. The van der Waals surface area contributed by atoms with Crippen LogP contribution in [0.25, 0.3) is 0 Å². The summed E-state index contributed by atoms with van der Waals surface area (Å²) in [6.07, 6.45) is 0.361. The third-order valence-electron chi connectivity index (χ3n) is 3.02. The molecule has 0 saturated carbocycles. The molecule has 1 aromatic rings. The van der Waals surface area contributed by atoms with Crippen LogP contribution in [-0.2, 0) is 11.2 Å². The van der Waals surface area contributed by atoms with Crippen LogP contribution in [0.4, 0.5) is 8.78 Å². The van der Waals surface area contributed by atoms with Crippen molar-refractivity contribution in [2.24, 2.45) is 0 Å². The van der Waals surface area contributed by atoms with Crippen molar-refractivity contribution in [1.29, 1.82) is 0 Å². The number of aliphatic hydroxyl groups is 1. The lowest BCUT2D eigenvalue weighted by Crippen LogP contribution is -2.30. The normalized spacial score (nSPS) is 18.9. The van der Waals surface area contributed by atoms with Crippen LogP contribution in [0.1, 0.15) is 12.0 Å². The first kappa shape index (κ1) is 13.7. The molecule has 104 valence electrons. The Morgan fingerprint density at radius 3 is 2.63 bits per heavy atom. The smallest absolute Gasteiger partial charge is 0.387 e. The molecule has 1 aromatic carbocycles. The molecule has 4 nitrogen and oxygen atoms in total. The Morgan fingerprint density at radius 2 is 2.11 bits per heavy atom. The largest absolute Gasteiger partial charge is 0.435 e. The highest BCUT2D eigenvalue weighted by Crippen LogP contribution is 2.16. The van der Waals surface area contributed by atoms with Gasteiger partial charge in [-0.1, -0.05) is 12.1 Å². The molecule has 0 bridgehead atoms. The zero-order valence-corrected chi connectivity index (χ0v) is 10.3. The number of alkyl halides is 2. The Balaban J connectivity index is 1.90. The topological polar surface area (TPSA) is 49.8 Å². The summed E-state index contributed by atoms with van der Waals surface area (Å²) in [7, 11) is 0. The number of benzene rings is 1. The molecule has 0 aromatic heterocycles. The van der Waals surface area contributed by atoms with Crippen LogP contribution in [0, 0.1) is 0 Å². The summed E-state index contributed by atoms with van der Waals surface area (Å²) in [6.45, 7) is -1.92. The van der Waals surface area contributed by atoms with Crippen molar-refractivity contribution in [3.63, 3.8) is 0 Å². The van der Waals surface area contributed by atoms with E-state index in [0.29, 0.717) is 19.5 Å². The molecule has 1 aliphatic heterocycles. The van der Waals surface area contributed by atoms with E-state index >= 15 is 0 Å². The van der Waals surface area contributed by atoms with Gasteiger partial charge >= 0.3 is 6.61 Å². The molecule has 0 unspecified atom stereocenters. The number of amides is 1. The highest BCUT2D eigenvalue weighted by atomic mass is 19.3. The van der Waals surface area contributed by atoms with E-state index in [-0.39, 0.29) is 18.1 Å². The number of β-amino-alcohol motifs (C(OH)–C–C–N with tert-alkyl or cyclic N) is 1. The number of hydrogen-bond donors (Lipinski definition) is 1. The van der Waals surface area contributed by atoms with Crippen LogP contribution >= 0.6 is 0 Å². The number of nitrogens with zero attached hydrogens (tertiary/aromatic N) is 1. The second kappa shape index (κ2) is 5.97. The van der Waals surface area contributed by atoms with E-state index in [2.05, 4.69) is 4.74 Å². The molecular weight excluding hydrogens is 256 g/mol. The summed E-state index contributed by atoms with van der Waals surface area (Å²) in [5, 5.41) is 9.35. The lowest BCUT2D eigenvalue weighted by molar-refractivity contribution is -0.129. The lowest BCUT2D eigenvalue weighted by atomic mass is 10.1. The van der Waals surface area contributed by atoms with Gasteiger partial charge < -0.3 is 14.7 Å². The van der Waals surface area contributed by atoms with Gasteiger partial charge in [0, 0.05) is 13.1 Å². The number of carbonyl (C=O) groups excluding carboxylic acids is 1. The maximum atomic E-state index is 12.0. The van der Waals surface area contributed by atoms with Gasteiger partial charge in [0.05, 0.1) is 12.5 Å². The fourth-order valence-corrected chi connectivity index (χ4v) is 2.04. The zero-order chi connectivity index (χ0) is 13.8. The monoisotopic (exact) mass is 271 g/mol. The predicted molar refractivity (Wildman–Crippen MR) is 64.0 cm³/mol. The standard InChI is InChI=1S/C13H15F2NO3/c14-13(15)19-11-3-1-9(2-4-11)7-12(18)16-6-5-10(17)8-16/h1-4,10,13,17H,5-8H2/t10-/m0/s1. The number of ether oxygens (including phenoxy) is 1. The summed E-state index contributed by atoms with van der Waals surface area (Å²) in [4.78, 5) is 13.5. The molecule has 1 aliphatic rings. The SMILES string of the molecule is O=C(Cc1ccc(OC(F)F)cc1)N1CC[C@H](O)C1. The van der Waals surface area contributed by atoms with Gasteiger partial charge in [-0.2, -0.15) is 8.78 Å². The molecule has 0 radical (unpaired) electrons. The summed E-state index contributed by atoms with van der Waals surface area (Å²) < 4.78 is 28.2. The number of hydrogen-bond acceptors (Lipinski definition) is 3. The summed E-state index contributed by atoms with van der Waals surface area (Å²) in [6, 6.07) is 5.99. The molecule has 1 amide bonds. The first-order chi connectivity index (χ1) is 9.04. The van der Waals surface area contributed by atoms with Crippen molar-refractivity contribution < 1.29 is 23.4 Å². The first-order valence-corrected chi connectivity index (χ1v) is 6.04. The molecule has 0 aliphatic carbocycles. The highest BCUT2D eigenvalue weighted by Gasteiger charge is 2.24. The van der Waals surface area contributed by atoms with Crippen molar-refractivity contribution >= 4 is 5.91 Å². The Labute approximate surface area is 109 Å². The molecule has 1 fully saturated rings. The van der Waals surface area contributed by atoms with E-state index in [1.807, 2.05) is 0 Å². The van der Waals surface area contributed by atoms with Gasteiger partial charge in [0.1, 0.15) is 5.75 Å². The van der Waals surface area contributed by atoms with Gasteiger partial charge in [-0.25, -0.2) is 0 Å². The number of rotatable bonds is 4. The predicted octanol–water partition coefficient (Wildman–Crippen LogP) is 1.42. The van der Waals surface area contributed by atoms with Crippen LogP contribution < -0.4 is 4.74 Å². The molecule has 19 heavy (non-hydrogen) atoms. The van der Waals surface area contributed by atoms with E-state index in [9.17, 15) is 18.7 Å². The molecule has 1 N–H and O–H groups in total. The molecule has 0 spiro atoms. The van der Waals surface area contributed by atoms with E-state index in [0.717, 1.165) is 5.56 Å². The van der Waals surface area contributed by atoms with Crippen LogP contribution in [-0.4, -0.2) is 41.7 Å². The van der Waals surface area contributed by atoms with Gasteiger partial charge in [-0.05, 0) is 24.1 Å². The minimum atomic E-state index is -2.85. The third-order valence-corrected chi connectivity index (χ3v) is 3.02. The Hall–Kier alpha value is -1.69. The summed E-state index contributed by atoms with van der Waals surface area (Å²) in [5.41, 5.74) is 0.730. The van der Waals surface area contributed by atoms with Crippen molar-refractivity contribution in [2.75, 3.05) is 13.1 Å². The fourth-order valence-electron chi connectivity index (χ4n) is 2.04. The lowest BCUT2D eigenvalue weighted by Gasteiger charge is -2.15. The van der Waals surface area contributed by atoms with Gasteiger partial charge in [-0.3, -0.25) is 4.79 Å². The number of aliphatic hydroxyl groups excluding tert-OH is 1. The average molecular weight is 271 g/mol. The Morgan fingerprint density at radius 1 is 1.42 bits per heavy atom. The first-order valence-electron chi connectivity index (χ1n) is 6.04. The van der Waals surface area contributed by atoms with Crippen LogP contribution in [0.5, 0.6) is 5.75 Å². The Bertz CT molecular complexity index is 436. The third kappa shape index (κ3) is 3.89. The average Bonchev–Trinajstić information content (AvgIpc) is 2.78. The second-order valence-corrected chi connectivity index (χ2v) is 4.48. The number of carbonyl (C=O) groups is 1. The molecular formula is C13H15F2NO3. The maximum absolute atomic E-state index is 12.0. The molecule has 1 atom stereocenters. The van der Waals surface area contributed by atoms with E-state index < -0.39 is 12.7 Å². The van der Waals surface area contributed by atoms with Crippen LogP contribution in [0.2, 0.25) is 0 Å². The van der Waals surface area contributed by atoms with Gasteiger partial charge in [0.2, 0.25) is 5.91 Å². The van der Waals surface area contributed by atoms with E-state index in [1.54, 1.807) is 17.0 Å². The number of halogens is 2. The van der Waals surface area contributed by atoms with Crippen molar-refractivity contribution in [3.8, 4) is 5.75 Å². The second-order valence-electron chi connectivity index (χ2n) is 4.48. The Kier molecular flexibility index (Phi) is 4.31. The van der Waals surface area contributed by atoms with Crippen LogP contribution in [0.3, 0.4) is 0 Å². The van der Waals surface area contributed by atoms with Gasteiger partial charge in [0.15, 0.2) is 0 Å². The molecule has 1 heterocycles. The van der Waals surface area contributed by atoms with Crippen molar-refractivity contribution in [2.45, 2.75) is 25.6 Å². The van der Waals surface area contributed by atoms with Gasteiger partial charge in [0.25, 0.3) is 0 Å². The minimum Gasteiger partial charge on any atom is -0.435 e. The van der Waals surface area contributed by atoms with E-state index in [4.69, 9.17) is 0 Å². The molecule has 2 rings (SSSR count). The molecule has 1 saturated heterocycles. The van der Waals surface area contributed by atoms with Crippen molar-refractivity contribution in [1.82, 2.24) is 4.90 Å². The van der Waals surface area contributed by atoms with Crippen LogP contribution in [0.15, 0.2) is 24.3 Å². The van der Waals surface area contributed by atoms with Crippen molar-refractivity contribution in [3.05, 3.63) is 29.8 Å². The summed E-state index contributed by atoms with van der Waals surface area (Å²) >= 11 is 0. The fraction of sp³-hybridized carbons (Fsp3) is 0.462. The maximum Gasteiger partial charge on any atom is 0.387 e. The quantitative estimate of drug-likeness (QED) is 0.901.